The standard InChI is InChI=1S/C21H11Cl4NO3S/c22-14-6-4-11(8-16(14)24)10-26-20(27)18(30-21(26)28)9-12-5-7-17(29-12)13-2-1-3-15(23)19(13)25/h1-9H,10H2/b18-9+. The number of imide groups is 1. The first-order valence-corrected chi connectivity index (χ1v) is 10.9. The van der Waals surface area contributed by atoms with Crippen LogP contribution in [0.1, 0.15) is 11.3 Å². The number of rotatable bonds is 4. The number of thioether (sulfide) groups is 1. The van der Waals surface area contributed by atoms with E-state index in [0.29, 0.717) is 42.7 Å². The average molecular weight is 499 g/mol. The van der Waals surface area contributed by atoms with Crippen LogP contribution in [0.2, 0.25) is 20.1 Å². The van der Waals surface area contributed by atoms with Crippen molar-refractivity contribution >= 4 is 75.4 Å². The van der Waals surface area contributed by atoms with E-state index in [9.17, 15) is 9.59 Å². The minimum atomic E-state index is -0.408. The van der Waals surface area contributed by atoms with Gasteiger partial charge in [-0.3, -0.25) is 14.5 Å². The van der Waals surface area contributed by atoms with Crippen LogP contribution in [0.25, 0.3) is 17.4 Å². The normalized spacial score (nSPS) is 15.5. The summed E-state index contributed by atoms with van der Waals surface area (Å²) >= 11 is 25.1. The molecule has 1 aromatic heterocycles. The molecule has 0 aliphatic carbocycles. The summed E-state index contributed by atoms with van der Waals surface area (Å²) in [5.74, 6) is 0.514. The number of carbonyl (C=O) groups is 2. The summed E-state index contributed by atoms with van der Waals surface area (Å²) < 4.78 is 5.79. The first kappa shape index (κ1) is 21.3. The number of hydrogen-bond acceptors (Lipinski definition) is 4. The number of carbonyl (C=O) groups excluding carboxylic acids is 2. The molecule has 2 heterocycles. The Morgan fingerprint density at radius 2 is 1.73 bits per heavy atom. The Hall–Kier alpha value is -1.89. The van der Waals surface area contributed by atoms with Crippen LogP contribution in [0.15, 0.2) is 57.9 Å². The Bertz CT molecular complexity index is 1200. The largest absolute Gasteiger partial charge is 0.457 e. The highest BCUT2D eigenvalue weighted by Crippen LogP contribution is 2.37. The van der Waals surface area contributed by atoms with E-state index in [1.54, 1.807) is 48.5 Å². The van der Waals surface area contributed by atoms with Crippen LogP contribution < -0.4 is 0 Å². The lowest BCUT2D eigenvalue weighted by Crippen LogP contribution is -2.27. The number of amides is 2. The molecule has 0 spiro atoms. The van der Waals surface area contributed by atoms with Crippen molar-refractivity contribution in [2.45, 2.75) is 6.54 Å². The molecule has 2 amide bonds. The second-order valence-electron chi connectivity index (χ2n) is 6.32. The fourth-order valence-electron chi connectivity index (χ4n) is 2.86. The third-order valence-corrected chi connectivity index (χ3v) is 6.78. The van der Waals surface area contributed by atoms with Gasteiger partial charge in [0.1, 0.15) is 11.5 Å². The number of benzene rings is 2. The van der Waals surface area contributed by atoms with Crippen molar-refractivity contribution in [1.29, 1.82) is 0 Å². The lowest BCUT2D eigenvalue weighted by Gasteiger charge is -2.12. The second-order valence-corrected chi connectivity index (χ2v) is 8.91. The van der Waals surface area contributed by atoms with Gasteiger partial charge < -0.3 is 4.42 Å². The zero-order valence-corrected chi connectivity index (χ0v) is 18.8. The minimum absolute atomic E-state index is 0.0976. The molecule has 3 aromatic rings. The molecule has 4 rings (SSSR count). The highest BCUT2D eigenvalue weighted by atomic mass is 35.5. The molecule has 0 N–H and O–H groups in total. The quantitative estimate of drug-likeness (QED) is 0.344. The molecule has 1 aliphatic heterocycles. The molecule has 0 atom stereocenters. The first-order valence-electron chi connectivity index (χ1n) is 8.57. The maximum absolute atomic E-state index is 12.7. The van der Waals surface area contributed by atoms with Gasteiger partial charge in [0.15, 0.2) is 0 Å². The predicted octanol–water partition coefficient (Wildman–Crippen LogP) is 7.80. The fraction of sp³-hybridized carbons (Fsp3) is 0.0476. The zero-order valence-electron chi connectivity index (χ0n) is 15.0. The first-order chi connectivity index (χ1) is 14.3. The summed E-state index contributed by atoms with van der Waals surface area (Å²) in [5.41, 5.74) is 1.33. The molecule has 1 saturated heterocycles. The highest BCUT2D eigenvalue weighted by molar-refractivity contribution is 8.18. The van der Waals surface area contributed by atoms with Crippen molar-refractivity contribution in [2.24, 2.45) is 0 Å². The van der Waals surface area contributed by atoms with Gasteiger partial charge >= 0.3 is 0 Å². The van der Waals surface area contributed by atoms with Gasteiger partial charge in [-0.1, -0.05) is 58.5 Å². The molecule has 0 saturated carbocycles. The summed E-state index contributed by atoms with van der Waals surface area (Å²) in [5, 5.41) is 1.18. The molecule has 2 aromatic carbocycles. The lowest BCUT2D eigenvalue weighted by atomic mass is 10.2. The monoisotopic (exact) mass is 497 g/mol. The maximum Gasteiger partial charge on any atom is 0.293 e. The van der Waals surface area contributed by atoms with E-state index >= 15 is 0 Å². The highest BCUT2D eigenvalue weighted by Gasteiger charge is 2.35. The smallest absolute Gasteiger partial charge is 0.293 e. The van der Waals surface area contributed by atoms with Crippen LogP contribution in [0.4, 0.5) is 4.79 Å². The third-order valence-electron chi connectivity index (χ3n) is 4.32. The van der Waals surface area contributed by atoms with Crippen LogP contribution in [0.5, 0.6) is 0 Å². The van der Waals surface area contributed by atoms with E-state index < -0.39 is 5.91 Å². The molecule has 4 nitrogen and oxygen atoms in total. The molecule has 0 bridgehead atoms. The molecule has 0 unspecified atom stereocenters. The Labute approximate surface area is 196 Å². The van der Waals surface area contributed by atoms with Crippen LogP contribution in [-0.2, 0) is 11.3 Å². The summed E-state index contributed by atoms with van der Waals surface area (Å²) in [6, 6.07) is 13.6. The summed E-state index contributed by atoms with van der Waals surface area (Å²) in [7, 11) is 0. The molecule has 152 valence electrons. The third kappa shape index (κ3) is 4.27. The zero-order chi connectivity index (χ0) is 21.4. The Morgan fingerprint density at radius 1 is 0.933 bits per heavy atom. The lowest BCUT2D eigenvalue weighted by molar-refractivity contribution is -0.123. The van der Waals surface area contributed by atoms with Gasteiger partial charge in [0, 0.05) is 11.6 Å². The van der Waals surface area contributed by atoms with Crippen molar-refractivity contribution in [3.63, 3.8) is 0 Å². The van der Waals surface area contributed by atoms with Gasteiger partial charge in [0.25, 0.3) is 11.1 Å². The SMILES string of the molecule is O=C1S/C(=C/c2ccc(-c3cccc(Cl)c3Cl)o2)C(=O)N1Cc1ccc(Cl)c(Cl)c1. The number of hydrogen-bond donors (Lipinski definition) is 0. The van der Waals surface area contributed by atoms with Gasteiger partial charge in [-0.05, 0) is 53.7 Å². The van der Waals surface area contributed by atoms with Crippen molar-refractivity contribution in [3.8, 4) is 11.3 Å². The van der Waals surface area contributed by atoms with Crippen LogP contribution in [-0.4, -0.2) is 16.0 Å². The summed E-state index contributed by atoms with van der Waals surface area (Å²) in [6.45, 7) is 0.0976. The predicted molar refractivity (Wildman–Crippen MR) is 122 cm³/mol. The van der Waals surface area contributed by atoms with Crippen molar-refractivity contribution in [1.82, 2.24) is 4.90 Å². The van der Waals surface area contributed by atoms with E-state index in [1.807, 2.05) is 0 Å². The molecule has 0 radical (unpaired) electrons. The molecule has 1 fully saturated rings. The molecular weight excluding hydrogens is 488 g/mol. The Kier molecular flexibility index (Phi) is 6.19. The van der Waals surface area contributed by atoms with E-state index in [2.05, 4.69) is 0 Å². The van der Waals surface area contributed by atoms with Crippen molar-refractivity contribution in [2.75, 3.05) is 0 Å². The maximum atomic E-state index is 12.7. The number of halogens is 4. The summed E-state index contributed by atoms with van der Waals surface area (Å²) in [6.07, 6.45) is 1.53. The Morgan fingerprint density at radius 3 is 2.50 bits per heavy atom. The number of nitrogens with zero attached hydrogens (tertiary/aromatic N) is 1. The molecule has 30 heavy (non-hydrogen) atoms. The number of furan rings is 1. The second kappa shape index (κ2) is 8.69. The van der Waals surface area contributed by atoms with Crippen molar-refractivity contribution in [3.05, 3.63) is 84.9 Å². The van der Waals surface area contributed by atoms with Gasteiger partial charge in [-0.2, -0.15) is 0 Å². The van der Waals surface area contributed by atoms with Gasteiger partial charge in [-0.15, -0.1) is 0 Å². The molecule has 1 aliphatic rings. The molecule has 9 heteroatoms. The van der Waals surface area contributed by atoms with Gasteiger partial charge in [0.05, 0.1) is 31.5 Å². The van der Waals surface area contributed by atoms with Gasteiger partial charge in [-0.25, -0.2) is 0 Å². The van der Waals surface area contributed by atoms with Crippen molar-refractivity contribution < 1.29 is 14.0 Å². The van der Waals surface area contributed by atoms with Crippen LogP contribution in [0, 0.1) is 0 Å². The van der Waals surface area contributed by atoms with Crippen LogP contribution >= 0.6 is 58.2 Å². The van der Waals surface area contributed by atoms with E-state index in [4.69, 9.17) is 50.8 Å². The van der Waals surface area contributed by atoms with E-state index in [0.717, 1.165) is 16.7 Å². The topological polar surface area (TPSA) is 50.5 Å². The average Bonchev–Trinajstić information content (AvgIpc) is 3.27. The van der Waals surface area contributed by atoms with E-state index in [1.165, 1.54) is 6.08 Å². The Balaban J connectivity index is 1.56. The van der Waals surface area contributed by atoms with Gasteiger partial charge in [0.2, 0.25) is 0 Å². The minimum Gasteiger partial charge on any atom is -0.457 e. The fourth-order valence-corrected chi connectivity index (χ4v) is 4.39. The summed E-state index contributed by atoms with van der Waals surface area (Å²) in [4.78, 5) is 26.5. The molecular formula is C21H11Cl4NO3S. The van der Waals surface area contributed by atoms with E-state index in [-0.39, 0.29) is 16.7 Å². The van der Waals surface area contributed by atoms with Crippen LogP contribution in [0.3, 0.4) is 0 Å².